The van der Waals surface area contributed by atoms with E-state index in [0.29, 0.717) is 0 Å². The molecule has 0 saturated heterocycles. The van der Waals surface area contributed by atoms with Gasteiger partial charge in [0.05, 0.1) is 11.2 Å². The summed E-state index contributed by atoms with van der Waals surface area (Å²) in [5, 5.41) is 0. The van der Waals surface area contributed by atoms with Crippen molar-refractivity contribution in [1.82, 2.24) is 14.8 Å². The molecule has 3 rings (SSSR count). The lowest BCUT2D eigenvalue weighted by molar-refractivity contribution is 0.0593. The van der Waals surface area contributed by atoms with Crippen LogP contribution in [-0.4, -0.2) is 53.4 Å². The van der Waals surface area contributed by atoms with Crippen LogP contribution in [0.2, 0.25) is 0 Å². The molecule has 4 nitrogen and oxygen atoms in total. The molecule has 146 valence electrons. The first-order valence-corrected chi connectivity index (χ1v) is 9.82. The SMILES string of the molecule is CN(C)CCCN(C(=O)c1ccccc1)C1(C)C=CC(c2ccccn2)=CC1. The molecule has 1 aliphatic carbocycles. The van der Waals surface area contributed by atoms with E-state index in [1.54, 1.807) is 0 Å². The van der Waals surface area contributed by atoms with E-state index in [1.165, 1.54) is 0 Å². The Morgan fingerprint density at radius 3 is 2.43 bits per heavy atom. The Balaban J connectivity index is 1.82. The third kappa shape index (κ3) is 4.76. The van der Waals surface area contributed by atoms with E-state index in [1.807, 2.05) is 59.6 Å². The number of carbonyl (C=O) groups is 1. The molecule has 4 heteroatoms. The molecule has 0 fully saturated rings. The van der Waals surface area contributed by atoms with Crippen molar-refractivity contribution in [1.29, 1.82) is 0 Å². The maximum atomic E-state index is 13.3. The van der Waals surface area contributed by atoms with Gasteiger partial charge in [-0.05, 0) is 70.2 Å². The molecular formula is C24H29N3O. The van der Waals surface area contributed by atoms with E-state index < -0.39 is 0 Å². The van der Waals surface area contributed by atoms with Crippen molar-refractivity contribution < 1.29 is 4.79 Å². The fourth-order valence-electron chi connectivity index (χ4n) is 3.52. The van der Waals surface area contributed by atoms with Crippen molar-refractivity contribution in [2.24, 2.45) is 0 Å². The number of amides is 1. The van der Waals surface area contributed by atoms with Crippen LogP contribution in [0.1, 0.15) is 35.8 Å². The molecule has 2 aromatic rings. The fraction of sp³-hybridized carbons (Fsp3) is 0.333. The summed E-state index contributed by atoms with van der Waals surface area (Å²) in [5.41, 5.74) is 2.46. The van der Waals surface area contributed by atoms with Gasteiger partial charge in [0.2, 0.25) is 0 Å². The number of allylic oxidation sites excluding steroid dienone is 2. The molecule has 0 bridgehead atoms. The van der Waals surface area contributed by atoms with Crippen LogP contribution < -0.4 is 0 Å². The highest BCUT2D eigenvalue weighted by Gasteiger charge is 2.34. The predicted molar refractivity (Wildman–Crippen MR) is 115 cm³/mol. The van der Waals surface area contributed by atoms with E-state index in [9.17, 15) is 4.79 Å². The normalized spacial score (nSPS) is 18.8. The van der Waals surface area contributed by atoms with Crippen molar-refractivity contribution in [3.63, 3.8) is 0 Å². The third-order valence-corrected chi connectivity index (χ3v) is 5.19. The molecule has 1 unspecified atom stereocenters. The standard InChI is InChI=1S/C24H29N3O/c1-24(15-13-20(14-16-24)22-12-7-8-17-25-22)27(19-9-18-26(2)3)23(28)21-10-5-4-6-11-21/h4-8,10-15,17H,9,16,18-19H2,1-3H3. The second kappa shape index (κ2) is 8.98. The van der Waals surface area contributed by atoms with Gasteiger partial charge in [0.25, 0.3) is 5.91 Å². The summed E-state index contributed by atoms with van der Waals surface area (Å²) in [4.78, 5) is 21.9. The molecule has 0 aliphatic heterocycles. The van der Waals surface area contributed by atoms with Crippen molar-refractivity contribution in [3.8, 4) is 0 Å². The molecule has 0 N–H and O–H groups in total. The summed E-state index contributed by atoms with van der Waals surface area (Å²) < 4.78 is 0. The number of rotatable bonds is 7. The lowest BCUT2D eigenvalue weighted by atomic mass is 9.87. The summed E-state index contributed by atoms with van der Waals surface area (Å²) in [6.07, 6.45) is 9.97. The van der Waals surface area contributed by atoms with E-state index in [2.05, 4.69) is 49.1 Å². The van der Waals surface area contributed by atoms with Crippen molar-refractivity contribution in [3.05, 3.63) is 84.2 Å². The first-order valence-electron chi connectivity index (χ1n) is 9.82. The van der Waals surface area contributed by atoms with Gasteiger partial charge in [0.1, 0.15) is 0 Å². The molecule has 1 atom stereocenters. The van der Waals surface area contributed by atoms with Gasteiger partial charge in [-0.25, -0.2) is 0 Å². The lowest BCUT2D eigenvalue weighted by Gasteiger charge is -2.41. The number of hydrogen-bond donors (Lipinski definition) is 0. The Bertz CT molecular complexity index is 843. The first kappa shape index (κ1) is 20.0. The van der Waals surface area contributed by atoms with Gasteiger partial charge in [-0.2, -0.15) is 0 Å². The third-order valence-electron chi connectivity index (χ3n) is 5.19. The van der Waals surface area contributed by atoms with Crippen LogP contribution in [0.15, 0.2) is 73.0 Å². The van der Waals surface area contributed by atoms with Crippen LogP contribution in [0.5, 0.6) is 0 Å². The van der Waals surface area contributed by atoms with Gasteiger partial charge in [0, 0.05) is 18.3 Å². The minimum atomic E-state index is -0.350. The predicted octanol–water partition coefficient (Wildman–Crippen LogP) is 4.28. The molecule has 0 saturated carbocycles. The Morgan fingerprint density at radius 1 is 1.07 bits per heavy atom. The number of aromatic nitrogens is 1. The molecule has 28 heavy (non-hydrogen) atoms. The van der Waals surface area contributed by atoms with Crippen LogP contribution in [-0.2, 0) is 0 Å². The van der Waals surface area contributed by atoms with E-state index in [-0.39, 0.29) is 11.4 Å². The maximum Gasteiger partial charge on any atom is 0.254 e. The summed E-state index contributed by atoms with van der Waals surface area (Å²) in [5.74, 6) is 0.0844. The maximum absolute atomic E-state index is 13.3. The van der Waals surface area contributed by atoms with E-state index in [4.69, 9.17) is 0 Å². The smallest absolute Gasteiger partial charge is 0.254 e. The number of hydrogen-bond acceptors (Lipinski definition) is 3. The Hall–Kier alpha value is -2.72. The van der Waals surface area contributed by atoms with E-state index >= 15 is 0 Å². The van der Waals surface area contributed by atoms with Gasteiger partial charge in [-0.1, -0.05) is 42.5 Å². The molecule has 0 radical (unpaired) electrons. The number of nitrogens with zero attached hydrogens (tertiary/aromatic N) is 3. The summed E-state index contributed by atoms with van der Waals surface area (Å²) in [6, 6.07) is 15.5. The monoisotopic (exact) mass is 375 g/mol. The number of carbonyl (C=O) groups excluding carboxylic acids is 1. The van der Waals surface area contributed by atoms with Gasteiger partial charge < -0.3 is 9.80 Å². The van der Waals surface area contributed by atoms with Gasteiger partial charge in [-0.3, -0.25) is 9.78 Å². The molecule has 1 amide bonds. The summed E-state index contributed by atoms with van der Waals surface area (Å²) >= 11 is 0. The van der Waals surface area contributed by atoms with Crippen LogP contribution >= 0.6 is 0 Å². The van der Waals surface area contributed by atoms with Crippen LogP contribution in [0.4, 0.5) is 0 Å². The molecule has 1 aliphatic rings. The van der Waals surface area contributed by atoms with Crippen molar-refractivity contribution >= 4 is 11.5 Å². The Morgan fingerprint density at radius 2 is 1.82 bits per heavy atom. The van der Waals surface area contributed by atoms with E-state index in [0.717, 1.165) is 42.8 Å². The largest absolute Gasteiger partial charge is 0.329 e. The Labute approximate surface area is 168 Å². The fourth-order valence-corrected chi connectivity index (χ4v) is 3.52. The zero-order chi connectivity index (χ0) is 20.0. The lowest BCUT2D eigenvalue weighted by Crippen LogP contribution is -2.49. The first-order chi connectivity index (χ1) is 13.5. The second-order valence-electron chi connectivity index (χ2n) is 7.75. The highest BCUT2D eigenvalue weighted by atomic mass is 16.2. The van der Waals surface area contributed by atoms with Crippen LogP contribution in [0, 0.1) is 0 Å². The van der Waals surface area contributed by atoms with Crippen LogP contribution in [0.3, 0.4) is 0 Å². The van der Waals surface area contributed by atoms with Gasteiger partial charge in [0.15, 0.2) is 0 Å². The quantitative estimate of drug-likeness (QED) is 0.725. The zero-order valence-corrected chi connectivity index (χ0v) is 17.0. The average Bonchev–Trinajstić information content (AvgIpc) is 2.72. The highest BCUT2D eigenvalue weighted by Crippen LogP contribution is 2.31. The van der Waals surface area contributed by atoms with Crippen molar-refractivity contribution in [2.45, 2.75) is 25.3 Å². The number of benzene rings is 1. The minimum absolute atomic E-state index is 0.0844. The molecular weight excluding hydrogens is 346 g/mol. The Kier molecular flexibility index (Phi) is 6.42. The highest BCUT2D eigenvalue weighted by molar-refractivity contribution is 5.95. The van der Waals surface area contributed by atoms with Gasteiger partial charge >= 0.3 is 0 Å². The topological polar surface area (TPSA) is 36.4 Å². The molecule has 1 aromatic carbocycles. The van der Waals surface area contributed by atoms with Gasteiger partial charge in [-0.15, -0.1) is 0 Å². The molecule has 1 heterocycles. The zero-order valence-electron chi connectivity index (χ0n) is 17.0. The average molecular weight is 376 g/mol. The minimum Gasteiger partial charge on any atom is -0.329 e. The summed E-state index contributed by atoms with van der Waals surface area (Å²) in [7, 11) is 4.13. The summed E-state index contributed by atoms with van der Waals surface area (Å²) in [6.45, 7) is 3.82. The molecule has 1 aromatic heterocycles. The van der Waals surface area contributed by atoms with Crippen LogP contribution in [0.25, 0.3) is 5.57 Å². The second-order valence-corrected chi connectivity index (χ2v) is 7.75. The van der Waals surface area contributed by atoms with Crippen molar-refractivity contribution in [2.75, 3.05) is 27.2 Å². The molecule has 0 spiro atoms. The number of pyridine rings is 1.